The highest BCUT2D eigenvalue weighted by atomic mass is 16.7. The fourth-order valence-corrected chi connectivity index (χ4v) is 3.69. The lowest BCUT2D eigenvalue weighted by Crippen LogP contribution is -2.34. The van der Waals surface area contributed by atoms with Gasteiger partial charge < -0.3 is 24.3 Å². The van der Waals surface area contributed by atoms with Crippen LogP contribution in [0.2, 0.25) is 0 Å². The summed E-state index contributed by atoms with van der Waals surface area (Å²) in [6, 6.07) is 12.5. The largest absolute Gasteiger partial charge is 0.494 e. The Morgan fingerprint density at radius 2 is 1.76 bits per heavy atom. The summed E-state index contributed by atoms with van der Waals surface area (Å²) < 4.78 is 21.8. The molecule has 0 aliphatic carbocycles. The van der Waals surface area contributed by atoms with Crippen LogP contribution in [0.3, 0.4) is 0 Å². The zero-order valence-electron chi connectivity index (χ0n) is 18.9. The molecule has 2 aliphatic heterocycles. The molecule has 0 aromatic heterocycles. The Morgan fingerprint density at radius 1 is 0.970 bits per heavy atom. The summed E-state index contributed by atoms with van der Waals surface area (Å²) in [6.45, 7) is 6.08. The van der Waals surface area contributed by atoms with E-state index in [0.717, 1.165) is 12.2 Å². The molecule has 0 saturated carbocycles. The zero-order valence-corrected chi connectivity index (χ0v) is 18.9. The van der Waals surface area contributed by atoms with Gasteiger partial charge in [-0.15, -0.1) is 0 Å². The third-order valence-electron chi connectivity index (χ3n) is 5.30. The molecule has 0 spiro atoms. The second-order valence-electron chi connectivity index (χ2n) is 7.63. The molecule has 1 N–H and O–H groups in total. The number of carbonyl (C=O) groups excluding carboxylic acids is 2. The minimum absolute atomic E-state index is 0.157. The van der Waals surface area contributed by atoms with Crippen molar-refractivity contribution < 1.29 is 28.5 Å². The number of amides is 2. The number of ether oxygens (including phenoxy) is 4. The first-order chi connectivity index (χ1) is 16.1. The lowest BCUT2D eigenvalue weighted by atomic mass is 10.0. The number of fused-ring (bicyclic) bond motifs is 1. The number of imide groups is 1. The zero-order chi connectivity index (χ0) is 23.2. The van der Waals surface area contributed by atoms with Gasteiger partial charge in [-0.25, -0.2) is 0 Å². The van der Waals surface area contributed by atoms with Gasteiger partial charge in [-0.1, -0.05) is 19.1 Å². The molecule has 2 aromatic carbocycles. The number of nitrogens with one attached hydrogen (secondary N) is 1. The second-order valence-corrected chi connectivity index (χ2v) is 7.63. The van der Waals surface area contributed by atoms with Crippen LogP contribution in [0, 0.1) is 0 Å². The van der Waals surface area contributed by atoms with Crippen molar-refractivity contribution in [2.45, 2.75) is 26.7 Å². The Hall–Kier alpha value is -3.52. The number of anilines is 1. The smallest absolute Gasteiger partial charge is 0.278 e. The van der Waals surface area contributed by atoms with Crippen molar-refractivity contribution in [1.29, 1.82) is 0 Å². The Labute approximate surface area is 193 Å². The van der Waals surface area contributed by atoms with E-state index >= 15 is 0 Å². The topological polar surface area (TPSA) is 86.3 Å². The Morgan fingerprint density at radius 3 is 2.52 bits per heavy atom. The van der Waals surface area contributed by atoms with E-state index in [1.165, 1.54) is 4.90 Å². The van der Waals surface area contributed by atoms with Gasteiger partial charge in [0.25, 0.3) is 11.8 Å². The van der Waals surface area contributed by atoms with Gasteiger partial charge in [0.05, 0.1) is 12.2 Å². The quantitative estimate of drug-likeness (QED) is 0.410. The maximum atomic E-state index is 13.3. The van der Waals surface area contributed by atoms with Crippen LogP contribution in [0.4, 0.5) is 5.69 Å². The van der Waals surface area contributed by atoms with Gasteiger partial charge in [0, 0.05) is 31.5 Å². The summed E-state index contributed by atoms with van der Waals surface area (Å²) in [5.74, 6) is 1.25. The van der Waals surface area contributed by atoms with Gasteiger partial charge in [0.2, 0.25) is 6.79 Å². The first-order valence-electron chi connectivity index (χ1n) is 11.2. The van der Waals surface area contributed by atoms with E-state index in [1.54, 1.807) is 30.3 Å². The van der Waals surface area contributed by atoms with E-state index in [2.05, 4.69) is 5.32 Å². The summed E-state index contributed by atoms with van der Waals surface area (Å²) in [5, 5.41) is 3.15. The highest BCUT2D eigenvalue weighted by Crippen LogP contribution is 2.36. The summed E-state index contributed by atoms with van der Waals surface area (Å²) >= 11 is 0. The van der Waals surface area contributed by atoms with Gasteiger partial charge in [-0.05, 0) is 49.6 Å². The van der Waals surface area contributed by atoms with Gasteiger partial charge in [-0.2, -0.15) is 0 Å². The third-order valence-corrected chi connectivity index (χ3v) is 5.30. The fraction of sp³-hybridized carbons (Fsp3) is 0.360. The van der Waals surface area contributed by atoms with Crippen LogP contribution >= 0.6 is 0 Å². The van der Waals surface area contributed by atoms with Crippen molar-refractivity contribution in [3.63, 3.8) is 0 Å². The Kier molecular flexibility index (Phi) is 7.14. The van der Waals surface area contributed by atoms with Crippen LogP contribution in [0.1, 0.15) is 32.3 Å². The molecule has 0 unspecified atom stereocenters. The summed E-state index contributed by atoms with van der Waals surface area (Å²) in [7, 11) is 0. The third kappa shape index (κ3) is 4.96. The maximum Gasteiger partial charge on any atom is 0.278 e. The van der Waals surface area contributed by atoms with Gasteiger partial charge in [-0.3, -0.25) is 14.5 Å². The molecule has 2 aliphatic rings. The first kappa shape index (κ1) is 22.7. The average Bonchev–Trinajstić information content (AvgIpc) is 3.38. The van der Waals surface area contributed by atoms with Crippen LogP contribution in [0.15, 0.2) is 48.2 Å². The van der Waals surface area contributed by atoms with E-state index in [4.69, 9.17) is 18.9 Å². The maximum absolute atomic E-state index is 13.3. The molecule has 33 heavy (non-hydrogen) atoms. The van der Waals surface area contributed by atoms with Crippen LogP contribution in [0.25, 0.3) is 5.57 Å². The van der Waals surface area contributed by atoms with Crippen molar-refractivity contribution in [2.75, 3.05) is 38.5 Å². The minimum atomic E-state index is -0.365. The van der Waals surface area contributed by atoms with E-state index in [0.29, 0.717) is 54.6 Å². The number of hydrogen-bond donors (Lipinski definition) is 1. The number of hydrogen-bond acceptors (Lipinski definition) is 7. The SMILES string of the molecule is CCCOc1ccc(C2=C(Nc3ccc4c(c3)OCO4)C(=O)N(CCCOCC)C2=O)cc1. The number of carbonyl (C=O) groups is 2. The summed E-state index contributed by atoms with van der Waals surface area (Å²) in [5.41, 5.74) is 1.84. The van der Waals surface area contributed by atoms with Crippen LogP contribution in [-0.2, 0) is 14.3 Å². The number of benzene rings is 2. The standard InChI is InChI=1S/C25H28N2O6/c1-3-13-31-19-9-6-17(7-10-19)22-23(25(29)27(24(22)28)12-5-14-30-4-2)26-18-8-11-20-21(15-18)33-16-32-20/h6-11,15,26H,3-5,12-14,16H2,1-2H3. The van der Waals surface area contributed by atoms with Crippen molar-refractivity contribution in [1.82, 2.24) is 4.90 Å². The molecule has 0 atom stereocenters. The van der Waals surface area contributed by atoms with Crippen molar-refractivity contribution >= 4 is 23.1 Å². The highest BCUT2D eigenvalue weighted by Gasteiger charge is 2.39. The van der Waals surface area contributed by atoms with Gasteiger partial charge >= 0.3 is 0 Å². The first-order valence-corrected chi connectivity index (χ1v) is 11.2. The van der Waals surface area contributed by atoms with Crippen LogP contribution < -0.4 is 19.5 Å². The van der Waals surface area contributed by atoms with Crippen LogP contribution in [-0.4, -0.2) is 49.9 Å². The molecule has 2 aromatic rings. The summed E-state index contributed by atoms with van der Waals surface area (Å²) in [4.78, 5) is 27.9. The van der Waals surface area contributed by atoms with Crippen molar-refractivity contribution in [3.8, 4) is 17.2 Å². The summed E-state index contributed by atoms with van der Waals surface area (Å²) in [6.07, 6.45) is 1.47. The molecule has 0 fully saturated rings. The number of rotatable bonds is 11. The lowest BCUT2D eigenvalue weighted by molar-refractivity contribution is -0.137. The molecule has 174 valence electrons. The van der Waals surface area contributed by atoms with E-state index < -0.39 is 0 Å². The predicted molar refractivity (Wildman–Crippen MR) is 123 cm³/mol. The molecular weight excluding hydrogens is 424 g/mol. The molecule has 0 bridgehead atoms. The van der Waals surface area contributed by atoms with Crippen molar-refractivity contribution in [3.05, 3.63) is 53.7 Å². The molecule has 0 saturated heterocycles. The lowest BCUT2D eigenvalue weighted by Gasteiger charge is -2.15. The molecule has 4 rings (SSSR count). The Balaban J connectivity index is 1.62. The normalized spacial score (nSPS) is 14.9. The predicted octanol–water partition coefficient (Wildman–Crippen LogP) is 3.82. The average molecular weight is 453 g/mol. The second kappa shape index (κ2) is 10.4. The monoisotopic (exact) mass is 452 g/mol. The fourth-order valence-electron chi connectivity index (χ4n) is 3.69. The number of nitrogens with zero attached hydrogens (tertiary/aromatic N) is 1. The van der Waals surface area contributed by atoms with E-state index in [1.807, 2.05) is 26.0 Å². The molecule has 8 nitrogen and oxygen atoms in total. The Bertz CT molecular complexity index is 1050. The molecule has 0 radical (unpaired) electrons. The minimum Gasteiger partial charge on any atom is -0.494 e. The van der Waals surface area contributed by atoms with Crippen LogP contribution in [0.5, 0.6) is 17.2 Å². The molecular formula is C25H28N2O6. The van der Waals surface area contributed by atoms with Crippen molar-refractivity contribution in [2.24, 2.45) is 0 Å². The molecule has 2 amide bonds. The highest BCUT2D eigenvalue weighted by molar-refractivity contribution is 6.36. The molecule has 2 heterocycles. The van der Waals surface area contributed by atoms with E-state index in [9.17, 15) is 9.59 Å². The van der Waals surface area contributed by atoms with E-state index in [-0.39, 0.29) is 30.8 Å². The van der Waals surface area contributed by atoms with Gasteiger partial charge in [0.15, 0.2) is 11.5 Å². The molecule has 8 heteroatoms. The van der Waals surface area contributed by atoms with Gasteiger partial charge in [0.1, 0.15) is 11.4 Å².